The van der Waals surface area contributed by atoms with Crippen LogP contribution in [0.4, 0.5) is 0 Å². The second-order valence-electron chi connectivity index (χ2n) is 4.93. The van der Waals surface area contributed by atoms with Gasteiger partial charge >= 0.3 is 0 Å². The average molecular weight is 254 g/mol. The molecule has 1 aliphatic heterocycles. The van der Waals surface area contributed by atoms with Gasteiger partial charge < -0.3 is 10.2 Å². The molecule has 1 saturated heterocycles. The fourth-order valence-electron chi connectivity index (χ4n) is 2.17. The number of thiazole rings is 1. The van der Waals surface area contributed by atoms with Crippen LogP contribution < -0.4 is 5.32 Å². The number of likely N-dealkylation sites (N-methyl/N-ethyl adjacent to an activating group) is 2. The lowest BCUT2D eigenvalue weighted by Gasteiger charge is -2.38. The van der Waals surface area contributed by atoms with Crippen molar-refractivity contribution in [3.05, 3.63) is 16.6 Å². The van der Waals surface area contributed by atoms with Gasteiger partial charge in [-0.1, -0.05) is 0 Å². The molecule has 1 N–H and O–H groups in total. The van der Waals surface area contributed by atoms with Gasteiger partial charge in [0.25, 0.3) is 0 Å². The highest BCUT2D eigenvalue weighted by Gasteiger charge is 2.22. The summed E-state index contributed by atoms with van der Waals surface area (Å²) in [6.45, 7) is 6.74. The third-order valence-corrected chi connectivity index (χ3v) is 4.48. The SMILES string of the molecule is CC(NCC1CN(C)CCN1C)c1cncs1. The van der Waals surface area contributed by atoms with E-state index in [-0.39, 0.29) is 0 Å². The van der Waals surface area contributed by atoms with Gasteiger partial charge in [0.2, 0.25) is 0 Å². The summed E-state index contributed by atoms with van der Waals surface area (Å²) in [6.07, 6.45) is 1.96. The fourth-order valence-corrected chi connectivity index (χ4v) is 2.83. The Balaban J connectivity index is 1.81. The highest BCUT2D eigenvalue weighted by Crippen LogP contribution is 2.16. The lowest BCUT2D eigenvalue weighted by molar-refractivity contribution is 0.112. The first kappa shape index (κ1) is 13.0. The molecular formula is C12H22N4S. The van der Waals surface area contributed by atoms with Crippen LogP contribution in [-0.2, 0) is 0 Å². The molecule has 4 nitrogen and oxygen atoms in total. The Kier molecular flexibility index (Phi) is 4.50. The van der Waals surface area contributed by atoms with Crippen molar-refractivity contribution in [2.24, 2.45) is 0 Å². The zero-order valence-corrected chi connectivity index (χ0v) is 11.7. The summed E-state index contributed by atoms with van der Waals surface area (Å²) in [6, 6.07) is 1.02. The number of aromatic nitrogens is 1. The predicted octanol–water partition coefficient (Wildman–Crippen LogP) is 1.04. The van der Waals surface area contributed by atoms with Crippen molar-refractivity contribution in [2.75, 3.05) is 40.3 Å². The summed E-state index contributed by atoms with van der Waals surface area (Å²) in [5.74, 6) is 0. The number of rotatable bonds is 4. The topological polar surface area (TPSA) is 31.4 Å². The van der Waals surface area contributed by atoms with Gasteiger partial charge in [0.05, 0.1) is 5.51 Å². The standard InChI is InChI=1S/C12H22N4S/c1-10(12-7-13-9-17-12)14-6-11-8-15(2)4-5-16(11)3/h7,9-11,14H,4-6,8H2,1-3H3. The molecule has 2 unspecified atom stereocenters. The van der Waals surface area contributed by atoms with Crippen LogP contribution in [0, 0.1) is 0 Å². The maximum Gasteiger partial charge on any atom is 0.0794 e. The summed E-state index contributed by atoms with van der Waals surface area (Å²) in [4.78, 5) is 10.3. The molecule has 0 spiro atoms. The van der Waals surface area contributed by atoms with E-state index in [1.165, 1.54) is 11.4 Å². The summed E-state index contributed by atoms with van der Waals surface area (Å²) in [5.41, 5.74) is 1.90. The molecule has 0 radical (unpaired) electrons. The van der Waals surface area contributed by atoms with Gasteiger partial charge in [-0.05, 0) is 21.0 Å². The number of nitrogens with one attached hydrogen (secondary N) is 1. The van der Waals surface area contributed by atoms with Crippen molar-refractivity contribution in [1.29, 1.82) is 0 Å². The van der Waals surface area contributed by atoms with E-state index < -0.39 is 0 Å². The first-order valence-electron chi connectivity index (χ1n) is 6.17. The van der Waals surface area contributed by atoms with Crippen molar-refractivity contribution in [2.45, 2.75) is 19.0 Å². The van der Waals surface area contributed by atoms with Crippen LogP contribution in [0.3, 0.4) is 0 Å². The van der Waals surface area contributed by atoms with Crippen molar-refractivity contribution in [3.8, 4) is 0 Å². The maximum absolute atomic E-state index is 4.12. The van der Waals surface area contributed by atoms with E-state index in [9.17, 15) is 0 Å². The highest BCUT2D eigenvalue weighted by molar-refractivity contribution is 7.09. The van der Waals surface area contributed by atoms with E-state index in [1.54, 1.807) is 11.3 Å². The monoisotopic (exact) mass is 254 g/mol. The normalized spacial score (nSPS) is 25.0. The Morgan fingerprint density at radius 2 is 2.35 bits per heavy atom. The third kappa shape index (κ3) is 3.48. The number of piperazine rings is 1. The predicted molar refractivity (Wildman–Crippen MR) is 72.4 cm³/mol. The molecule has 17 heavy (non-hydrogen) atoms. The van der Waals surface area contributed by atoms with E-state index in [0.29, 0.717) is 12.1 Å². The molecular weight excluding hydrogens is 232 g/mol. The first-order valence-corrected chi connectivity index (χ1v) is 7.05. The molecule has 2 atom stereocenters. The van der Waals surface area contributed by atoms with Crippen molar-refractivity contribution < 1.29 is 0 Å². The van der Waals surface area contributed by atoms with Gasteiger partial charge in [-0.15, -0.1) is 11.3 Å². The minimum atomic E-state index is 0.406. The van der Waals surface area contributed by atoms with Crippen molar-refractivity contribution in [1.82, 2.24) is 20.1 Å². The minimum absolute atomic E-state index is 0.406. The van der Waals surface area contributed by atoms with Gasteiger partial charge in [0.15, 0.2) is 0 Å². The molecule has 0 aromatic carbocycles. The van der Waals surface area contributed by atoms with Crippen LogP contribution in [0.1, 0.15) is 17.8 Å². The molecule has 96 valence electrons. The molecule has 2 rings (SSSR count). The van der Waals surface area contributed by atoms with Gasteiger partial charge in [-0.2, -0.15) is 0 Å². The molecule has 1 fully saturated rings. The quantitative estimate of drug-likeness (QED) is 0.870. The lowest BCUT2D eigenvalue weighted by atomic mass is 10.1. The van der Waals surface area contributed by atoms with Crippen LogP contribution in [-0.4, -0.2) is 61.1 Å². The Hall–Kier alpha value is -0.490. The summed E-state index contributed by atoms with van der Waals surface area (Å²) < 4.78 is 0. The van der Waals surface area contributed by atoms with Crippen LogP contribution in [0.2, 0.25) is 0 Å². The van der Waals surface area contributed by atoms with Crippen LogP contribution >= 0.6 is 11.3 Å². The zero-order valence-electron chi connectivity index (χ0n) is 10.9. The van der Waals surface area contributed by atoms with Gasteiger partial charge in [0.1, 0.15) is 0 Å². The summed E-state index contributed by atoms with van der Waals surface area (Å²) in [5, 5.41) is 3.61. The zero-order chi connectivity index (χ0) is 12.3. The summed E-state index contributed by atoms with van der Waals surface area (Å²) >= 11 is 1.72. The van der Waals surface area contributed by atoms with Gasteiger partial charge in [0, 0.05) is 49.3 Å². The molecule has 2 heterocycles. The Bertz CT molecular complexity index is 327. The Morgan fingerprint density at radius 1 is 1.53 bits per heavy atom. The molecule has 0 saturated carbocycles. The summed E-state index contributed by atoms with van der Waals surface area (Å²) in [7, 11) is 4.42. The molecule has 0 aliphatic carbocycles. The fraction of sp³-hybridized carbons (Fsp3) is 0.750. The molecule has 0 bridgehead atoms. The highest BCUT2D eigenvalue weighted by atomic mass is 32.1. The van der Waals surface area contributed by atoms with Gasteiger partial charge in [-0.25, -0.2) is 0 Å². The smallest absolute Gasteiger partial charge is 0.0794 e. The number of hydrogen-bond acceptors (Lipinski definition) is 5. The van der Waals surface area contributed by atoms with Crippen LogP contribution in [0.25, 0.3) is 0 Å². The first-order chi connectivity index (χ1) is 8.16. The second kappa shape index (κ2) is 5.91. The van der Waals surface area contributed by atoms with E-state index >= 15 is 0 Å². The van der Waals surface area contributed by atoms with Crippen molar-refractivity contribution in [3.63, 3.8) is 0 Å². The third-order valence-electron chi connectivity index (χ3n) is 3.52. The molecule has 5 heteroatoms. The Morgan fingerprint density at radius 3 is 3.06 bits per heavy atom. The van der Waals surface area contributed by atoms with Crippen LogP contribution in [0.15, 0.2) is 11.7 Å². The molecule has 0 amide bonds. The lowest BCUT2D eigenvalue weighted by Crippen LogP contribution is -2.53. The minimum Gasteiger partial charge on any atom is -0.308 e. The molecule has 1 aliphatic rings. The van der Waals surface area contributed by atoms with E-state index in [4.69, 9.17) is 0 Å². The second-order valence-corrected chi connectivity index (χ2v) is 5.85. The largest absolute Gasteiger partial charge is 0.308 e. The van der Waals surface area contributed by atoms with Gasteiger partial charge in [-0.3, -0.25) is 9.88 Å². The van der Waals surface area contributed by atoms with Crippen LogP contribution in [0.5, 0.6) is 0 Å². The van der Waals surface area contributed by atoms with E-state index in [1.807, 2.05) is 11.7 Å². The molecule has 1 aromatic rings. The average Bonchev–Trinajstić information content (AvgIpc) is 2.83. The number of hydrogen-bond donors (Lipinski definition) is 1. The maximum atomic E-state index is 4.12. The molecule has 1 aromatic heterocycles. The van der Waals surface area contributed by atoms with E-state index in [2.05, 4.69) is 41.1 Å². The number of nitrogens with zero attached hydrogens (tertiary/aromatic N) is 3. The Labute approximate surface area is 108 Å². The van der Waals surface area contributed by atoms with Crippen molar-refractivity contribution >= 4 is 11.3 Å². The van der Waals surface area contributed by atoms with E-state index in [0.717, 1.165) is 19.6 Å².